The molecule has 128 valence electrons. The molecule has 3 nitrogen and oxygen atoms in total. The molecule has 0 radical (unpaired) electrons. The maximum absolute atomic E-state index is 12.7. The van der Waals surface area contributed by atoms with Gasteiger partial charge in [0.05, 0.1) is 21.6 Å². The number of rotatable bonds is 3. The summed E-state index contributed by atoms with van der Waals surface area (Å²) in [6, 6.07) is 0.0691. The Hall–Kier alpha value is -1.73. The Bertz CT molecular complexity index is 709. The van der Waals surface area contributed by atoms with Crippen LogP contribution in [0.25, 0.3) is 0 Å². The Morgan fingerprint density at radius 1 is 0.957 bits per heavy atom. The summed E-state index contributed by atoms with van der Waals surface area (Å²) in [5, 5.41) is 0. The Kier molecular flexibility index (Phi) is 4.81. The fourth-order valence-electron chi connectivity index (χ4n) is 1.51. The summed E-state index contributed by atoms with van der Waals surface area (Å²) in [7, 11) is -4.69. The molecule has 0 fully saturated rings. The Labute approximate surface area is 128 Å². The molecular formula is C13H11F6NO2S. The van der Waals surface area contributed by atoms with E-state index in [-0.39, 0.29) is 18.2 Å². The lowest BCUT2D eigenvalue weighted by Gasteiger charge is -2.20. The molecule has 0 aromatic heterocycles. The van der Waals surface area contributed by atoms with Gasteiger partial charge in [0.25, 0.3) is 0 Å². The number of nitrogens with one attached hydrogen (secondary N) is 1. The van der Waals surface area contributed by atoms with Crippen molar-refractivity contribution in [3.63, 3.8) is 0 Å². The van der Waals surface area contributed by atoms with Crippen molar-refractivity contribution in [3.8, 4) is 12.3 Å². The molecule has 0 bridgehead atoms. The lowest BCUT2D eigenvalue weighted by atomic mass is 10.1. The van der Waals surface area contributed by atoms with Gasteiger partial charge in [-0.25, -0.2) is 8.42 Å². The van der Waals surface area contributed by atoms with Gasteiger partial charge in [-0.05, 0) is 32.0 Å². The predicted molar refractivity (Wildman–Crippen MR) is 69.7 cm³/mol. The Morgan fingerprint density at radius 2 is 1.35 bits per heavy atom. The van der Waals surface area contributed by atoms with Gasteiger partial charge in [0, 0.05) is 0 Å². The molecule has 0 spiro atoms. The van der Waals surface area contributed by atoms with Crippen LogP contribution in [0.4, 0.5) is 26.3 Å². The third-order valence-electron chi connectivity index (χ3n) is 2.62. The monoisotopic (exact) mass is 359 g/mol. The van der Waals surface area contributed by atoms with Crippen molar-refractivity contribution >= 4 is 10.0 Å². The SMILES string of the molecule is C#CC(C)(C)NS(=O)(=O)c1cc(C(F)(F)F)cc(C(F)(F)F)c1. The average Bonchev–Trinajstić information content (AvgIpc) is 2.35. The van der Waals surface area contributed by atoms with Gasteiger partial charge in [0.15, 0.2) is 0 Å². The van der Waals surface area contributed by atoms with E-state index < -0.39 is 43.9 Å². The summed E-state index contributed by atoms with van der Waals surface area (Å²) in [5.41, 5.74) is -4.96. The number of halogens is 6. The molecule has 0 heterocycles. The van der Waals surface area contributed by atoms with E-state index in [1.807, 2.05) is 10.6 Å². The third-order valence-corrected chi connectivity index (χ3v) is 4.26. The van der Waals surface area contributed by atoms with Gasteiger partial charge in [-0.15, -0.1) is 6.42 Å². The van der Waals surface area contributed by atoms with Gasteiger partial charge in [-0.1, -0.05) is 5.92 Å². The molecule has 0 saturated carbocycles. The minimum atomic E-state index is -5.15. The minimum absolute atomic E-state index is 0.115. The molecule has 1 aromatic rings. The second-order valence-corrected chi connectivity index (χ2v) is 6.80. The maximum Gasteiger partial charge on any atom is 0.416 e. The van der Waals surface area contributed by atoms with Gasteiger partial charge in [-0.3, -0.25) is 0 Å². The first-order chi connectivity index (χ1) is 10.1. The average molecular weight is 359 g/mol. The van der Waals surface area contributed by atoms with Crippen LogP contribution in [0.1, 0.15) is 25.0 Å². The summed E-state index contributed by atoms with van der Waals surface area (Å²) in [6.45, 7) is 2.45. The molecule has 23 heavy (non-hydrogen) atoms. The lowest BCUT2D eigenvalue weighted by molar-refractivity contribution is -0.143. The molecular weight excluding hydrogens is 348 g/mol. The standard InChI is InChI=1S/C13H11F6NO2S/c1-4-11(2,3)20-23(21,22)10-6-8(12(14,15)16)5-9(7-10)13(17,18)19/h1,5-7,20H,2-3H3. The third kappa shape index (κ3) is 4.87. The van der Waals surface area contributed by atoms with Crippen molar-refractivity contribution in [1.29, 1.82) is 0 Å². The summed E-state index contributed by atoms with van der Waals surface area (Å²) in [5.74, 6) is 2.02. The van der Waals surface area contributed by atoms with Gasteiger partial charge in [-0.2, -0.15) is 31.1 Å². The first kappa shape index (κ1) is 19.3. The van der Waals surface area contributed by atoms with E-state index in [2.05, 4.69) is 0 Å². The van der Waals surface area contributed by atoms with Crippen molar-refractivity contribution in [2.24, 2.45) is 0 Å². The highest BCUT2D eigenvalue weighted by molar-refractivity contribution is 7.89. The molecule has 0 amide bonds. The molecule has 1 rings (SSSR count). The molecule has 0 unspecified atom stereocenters. The second-order valence-electron chi connectivity index (χ2n) is 5.12. The van der Waals surface area contributed by atoms with Gasteiger partial charge in [0.1, 0.15) is 0 Å². The highest BCUT2D eigenvalue weighted by Gasteiger charge is 2.38. The molecule has 0 aliphatic carbocycles. The summed E-state index contributed by atoms with van der Waals surface area (Å²) in [4.78, 5) is -1.18. The topological polar surface area (TPSA) is 46.2 Å². The van der Waals surface area contributed by atoms with E-state index in [1.54, 1.807) is 0 Å². The van der Waals surface area contributed by atoms with E-state index in [9.17, 15) is 34.8 Å². The Balaban J connectivity index is 3.57. The highest BCUT2D eigenvalue weighted by Crippen LogP contribution is 2.37. The fraction of sp³-hybridized carbons (Fsp3) is 0.385. The highest BCUT2D eigenvalue weighted by atomic mass is 32.2. The molecule has 0 aliphatic rings. The number of terminal acetylenes is 1. The van der Waals surface area contributed by atoms with Gasteiger partial charge >= 0.3 is 12.4 Å². The van der Waals surface area contributed by atoms with Crippen LogP contribution < -0.4 is 4.72 Å². The zero-order chi connectivity index (χ0) is 18.3. The smallest absolute Gasteiger partial charge is 0.207 e. The zero-order valence-corrected chi connectivity index (χ0v) is 12.6. The molecule has 0 atom stereocenters. The number of benzene rings is 1. The zero-order valence-electron chi connectivity index (χ0n) is 11.8. The van der Waals surface area contributed by atoms with Crippen LogP contribution in [0, 0.1) is 12.3 Å². The lowest BCUT2D eigenvalue weighted by Crippen LogP contribution is -2.42. The molecule has 1 aromatic carbocycles. The van der Waals surface area contributed by atoms with Crippen LogP contribution in [0.15, 0.2) is 23.1 Å². The van der Waals surface area contributed by atoms with Gasteiger partial charge in [0.2, 0.25) is 10.0 Å². The van der Waals surface area contributed by atoms with Gasteiger partial charge < -0.3 is 0 Å². The number of hydrogen-bond acceptors (Lipinski definition) is 2. The van der Waals surface area contributed by atoms with E-state index in [0.29, 0.717) is 0 Å². The minimum Gasteiger partial charge on any atom is -0.207 e. The molecule has 10 heteroatoms. The van der Waals surface area contributed by atoms with Crippen LogP contribution >= 0.6 is 0 Å². The second kappa shape index (κ2) is 5.72. The molecule has 1 N–H and O–H groups in total. The molecule has 0 aliphatic heterocycles. The van der Waals surface area contributed by atoms with Crippen molar-refractivity contribution in [2.45, 2.75) is 36.6 Å². The summed E-state index contributed by atoms with van der Waals surface area (Å²) in [6.07, 6.45) is -5.24. The Morgan fingerprint density at radius 3 is 1.65 bits per heavy atom. The van der Waals surface area contributed by atoms with E-state index >= 15 is 0 Å². The number of sulfonamides is 1. The fourth-order valence-corrected chi connectivity index (χ4v) is 2.92. The van der Waals surface area contributed by atoms with Crippen molar-refractivity contribution < 1.29 is 34.8 Å². The van der Waals surface area contributed by atoms with Crippen molar-refractivity contribution in [1.82, 2.24) is 4.72 Å². The van der Waals surface area contributed by atoms with Crippen LogP contribution in [0.2, 0.25) is 0 Å². The molecule has 0 saturated heterocycles. The first-order valence-corrected chi connectivity index (χ1v) is 7.38. The largest absolute Gasteiger partial charge is 0.416 e. The first-order valence-electron chi connectivity index (χ1n) is 5.90. The van der Waals surface area contributed by atoms with Crippen molar-refractivity contribution in [2.75, 3.05) is 0 Å². The maximum atomic E-state index is 12.7. The number of hydrogen-bond donors (Lipinski definition) is 1. The van der Waals surface area contributed by atoms with E-state index in [0.717, 1.165) is 0 Å². The number of alkyl halides is 6. The van der Waals surface area contributed by atoms with Crippen LogP contribution in [0.5, 0.6) is 0 Å². The quantitative estimate of drug-likeness (QED) is 0.664. The van der Waals surface area contributed by atoms with Crippen molar-refractivity contribution in [3.05, 3.63) is 29.3 Å². The van der Waals surface area contributed by atoms with Crippen LogP contribution in [-0.4, -0.2) is 14.0 Å². The van der Waals surface area contributed by atoms with Crippen LogP contribution in [0.3, 0.4) is 0 Å². The normalized spacial score (nSPS) is 13.7. The summed E-state index contributed by atoms with van der Waals surface area (Å²) >= 11 is 0. The van der Waals surface area contributed by atoms with Crippen LogP contribution in [-0.2, 0) is 22.4 Å². The van der Waals surface area contributed by atoms with E-state index in [4.69, 9.17) is 6.42 Å². The van der Waals surface area contributed by atoms with E-state index in [1.165, 1.54) is 13.8 Å². The predicted octanol–water partition coefficient (Wildman–Crippen LogP) is 3.41. The summed E-state index contributed by atoms with van der Waals surface area (Å²) < 4.78 is 102.